The summed E-state index contributed by atoms with van der Waals surface area (Å²) in [5.74, 6) is 1.65. The standard InChI is InChI=1S/C11H13BrN2OS2/c1-6-7(2)15-9(14-6)11(3,4)17-8-5-13-10(12)16-8/h5H,1-4H3. The second-order valence-corrected chi connectivity index (χ2v) is 8.43. The third kappa shape index (κ3) is 2.92. The molecular weight excluding hydrogens is 320 g/mol. The van der Waals surface area contributed by atoms with E-state index < -0.39 is 0 Å². The summed E-state index contributed by atoms with van der Waals surface area (Å²) in [5.41, 5.74) is 0.958. The van der Waals surface area contributed by atoms with Crippen LogP contribution in [-0.4, -0.2) is 9.97 Å². The normalized spacial score (nSPS) is 12.1. The minimum atomic E-state index is -0.189. The molecule has 2 rings (SSSR count). The van der Waals surface area contributed by atoms with Gasteiger partial charge in [-0.3, -0.25) is 0 Å². The first-order valence-corrected chi connectivity index (χ1v) is 7.56. The molecule has 0 aliphatic rings. The number of thioether (sulfide) groups is 1. The van der Waals surface area contributed by atoms with Gasteiger partial charge in [-0.15, -0.1) is 11.3 Å². The van der Waals surface area contributed by atoms with E-state index in [0.29, 0.717) is 0 Å². The van der Waals surface area contributed by atoms with Crippen molar-refractivity contribution in [3.8, 4) is 0 Å². The quantitative estimate of drug-likeness (QED) is 0.773. The summed E-state index contributed by atoms with van der Waals surface area (Å²) in [5, 5.41) is 0. The molecule has 3 nitrogen and oxygen atoms in total. The molecule has 2 aromatic heterocycles. The molecule has 0 spiro atoms. The van der Waals surface area contributed by atoms with E-state index in [2.05, 4.69) is 39.7 Å². The number of thiazole rings is 1. The lowest BCUT2D eigenvalue weighted by Crippen LogP contribution is -2.11. The van der Waals surface area contributed by atoms with Crippen LogP contribution < -0.4 is 0 Å². The number of halogens is 1. The third-order valence-corrected chi connectivity index (χ3v) is 5.12. The Morgan fingerprint density at radius 3 is 2.59 bits per heavy atom. The van der Waals surface area contributed by atoms with Gasteiger partial charge in [0.15, 0.2) is 3.92 Å². The molecule has 2 heterocycles. The predicted octanol–water partition coefficient (Wildman–Crippen LogP) is 4.54. The van der Waals surface area contributed by atoms with Gasteiger partial charge >= 0.3 is 0 Å². The van der Waals surface area contributed by atoms with Crippen LogP contribution in [0, 0.1) is 13.8 Å². The van der Waals surface area contributed by atoms with Crippen molar-refractivity contribution in [3.63, 3.8) is 0 Å². The molecule has 0 saturated carbocycles. The van der Waals surface area contributed by atoms with Gasteiger partial charge in [-0.1, -0.05) is 11.8 Å². The predicted molar refractivity (Wildman–Crippen MR) is 74.7 cm³/mol. The summed E-state index contributed by atoms with van der Waals surface area (Å²) in [6.07, 6.45) is 1.86. The van der Waals surface area contributed by atoms with Crippen molar-refractivity contribution >= 4 is 39.0 Å². The van der Waals surface area contributed by atoms with Gasteiger partial charge < -0.3 is 4.42 Å². The second kappa shape index (κ2) is 4.74. The Morgan fingerprint density at radius 2 is 2.12 bits per heavy atom. The number of hydrogen-bond acceptors (Lipinski definition) is 5. The monoisotopic (exact) mass is 332 g/mol. The summed E-state index contributed by atoms with van der Waals surface area (Å²) >= 11 is 6.70. The van der Waals surface area contributed by atoms with Gasteiger partial charge in [0.1, 0.15) is 5.76 Å². The molecule has 6 heteroatoms. The molecule has 0 bridgehead atoms. The smallest absolute Gasteiger partial charge is 0.210 e. The van der Waals surface area contributed by atoms with E-state index in [9.17, 15) is 0 Å². The number of aromatic nitrogens is 2. The van der Waals surface area contributed by atoms with Gasteiger partial charge in [0.25, 0.3) is 0 Å². The Labute approximate surface area is 117 Å². The number of oxazole rings is 1. The van der Waals surface area contributed by atoms with Crippen LogP contribution in [0.2, 0.25) is 0 Å². The number of nitrogens with zero attached hydrogens (tertiary/aromatic N) is 2. The molecule has 17 heavy (non-hydrogen) atoms. The highest BCUT2D eigenvalue weighted by Crippen LogP contribution is 2.43. The first kappa shape index (κ1) is 13.1. The van der Waals surface area contributed by atoms with E-state index in [1.165, 1.54) is 0 Å². The zero-order valence-electron chi connectivity index (χ0n) is 10.1. The SMILES string of the molecule is Cc1nc(C(C)(C)Sc2cnc(Br)s2)oc1C. The highest BCUT2D eigenvalue weighted by atomic mass is 79.9. The maximum atomic E-state index is 5.70. The van der Waals surface area contributed by atoms with Crippen molar-refractivity contribution < 1.29 is 4.42 Å². The van der Waals surface area contributed by atoms with E-state index in [4.69, 9.17) is 4.42 Å². The Hall–Kier alpha value is -0.330. The van der Waals surface area contributed by atoms with E-state index in [-0.39, 0.29) is 4.75 Å². The van der Waals surface area contributed by atoms with Gasteiger partial charge in [-0.2, -0.15) is 0 Å². The second-order valence-electron chi connectivity index (χ2n) is 4.21. The summed E-state index contributed by atoms with van der Waals surface area (Å²) in [6.45, 7) is 8.12. The molecule has 92 valence electrons. The molecular formula is C11H13BrN2OS2. The van der Waals surface area contributed by atoms with Gasteiger partial charge in [0, 0.05) is 0 Å². The summed E-state index contributed by atoms with van der Waals surface area (Å²) in [7, 11) is 0. The van der Waals surface area contributed by atoms with Gasteiger partial charge in [-0.25, -0.2) is 9.97 Å². The van der Waals surface area contributed by atoms with Gasteiger partial charge in [-0.05, 0) is 43.6 Å². The van der Waals surface area contributed by atoms with Crippen LogP contribution in [0.4, 0.5) is 0 Å². The fourth-order valence-corrected chi connectivity index (χ4v) is 4.45. The molecule has 2 aromatic rings. The molecule has 0 aliphatic carbocycles. The summed E-state index contributed by atoms with van der Waals surface area (Å²) in [4.78, 5) is 8.65. The Morgan fingerprint density at radius 1 is 1.41 bits per heavy atom. The molecule has 0 amide bonds. The lowest BCUT2D eigenvalue weighted by Gasteiger charge is -2.18. The molecule has 0 fully saturated rings. The Balaban J connectivity index is 2.24. The van der Waals surface area contributed by atoms with Crippen LogP contribution in [0.1, 0.15) is 31.2 Å². The molecule has 0 N–H and O–H groups in total. The minimum absolute atomic E-state index is 0.189. The number of hydrogen-bond donors (Lipinski definition) is 0. The number of rotatable bonds is 3. The largest absolute Gasteiger partial charge is 0.444 e. The molecule has 0 unspecified atom stereocenters. The van der Waals surface area contributed by atoms with Crippen LogP contribution in [0.5, 0.6) is 0 Å². The summed E-state index contributed by atoms with van der Waals surface area (Å²) < 4.78 is 7.56. The Bertz CT molecular complexity index is 514. The molecule has 0 aliphatic heterocycles. The average molecular weight is 333 g/mol. The topological polar surface area (TPSA) is 38.9 Å². The van der Waals surface area contributed by atoms with Crippen LogP contribution in [0.3, 0.4) is 0 Å². The maximum Gasteiger partial charge on any atom is 0.210 e. The highest BCUT2D eigenvalue weighted by molar-refractivity contribution is 9.11. The zero-order valence-corrected chi connectivity index (χ0v) is 13.3. The zero-order chi connectivity index (χ0) is 12.6. The van der Waals surface area contributed by atoms with E-state index in [1.807, 2.05) is 20.0 Å². The average Bonchev–Trinajstić information content (AvgIpc) is 2.75. The fraction of sp³-hybridized carbons (Fsp3) is 0.455. The van der Waals surface area contributed by atoms with Crippen molar-refractivity contribution in [1.29, 1.82) is 0 Å². The molecule has 0 aromatic carbocycles. The van der Waals surface area contributed by atoms with Gasteiger partial charge in [0.05, 0.1) is 20.8 Å². The lowest BCUT2D eigenvalue weighted by molar-refractivity contribution is 0.433. The Kier molecular flexibility index (Phi) is 3.66. The first-order valence-electron chi connectivity index (χ1n) is 5.13. The van der Waals surface area contributed by atoms with Crippen molar-refractivity contribution in [2.45, 2.75) is 36.7 Å². The third-order valence-electron chi connectivity index (χ3n) is 2.36. The van der Waals surface area contributed by atoms with Crippen molar-refractivity contribution in [2.75, 3.05) is 0 Å². The van der Waals surface area contributed by atoms with Crippen LogP contribution >= 0.6 is 39.0 Å². The van der Waals surface area contributed by atoms with Crippen LogP contribution in [-0.2, 0) is 4.75 Å². The van der Waals surface area contributed by atoms with Crippen LogP contribution in [0.15, 0.2) is 18.7 Å². The number of aryl methyl sites for hydroxylation is 2. The summed E-state index contributed by atoms with van der Waals surface area (Å²) in [6, 6.07) is 0. The lowest BCUT2D eigenvalue weighted by atomic mass is 10.2. The van der Waals surface area contributed by atoms with E-state index in [0.717, 1.165) is 25.5 Å². The molecule has 0 radical (unpaired) electrons. The minimum Gasteiger partial charge on any atom is -0.444 e. The molecule has 0 atom stereocenters. The van der Waals surface area contributed by atoms with Gasteiger partial charge in [0.2, 0.25) is 5.89 Å². The fourth-order valence-electron chi connectivity index (χ4n) is 1.31. The molecule has 0 saturated heterocycles. The van der Waals surface area contributed by atoms with Crippen molar-refractivity contribution in [1.82, 2.24) is 9.97 Å². The van der Waals surface area contributed by atoms with Crippen LogP contribution in [0.25, 0.3) is 0 Å². The van der Waals surface area contributed by atoms with E-state index >= 15 is 0 Å². The van der Waals surface area contributed by atoms with E-state index in [1.54, 1.807) is 23.1 Å². The first-order chi connectivity index (χ1) is 7.88. The van der Waals surface area contributed by atoms with Crippen molar-refractivity contribution in [2.24, 2.45) is 0 Å². The highest BCUT2D eigenvalue weighted by Gasteiger charge is 2.29. The van der Waals surface area contributed by atoms with Crippen molar-refractivity contribution in [3.05, 3.63) is 27.5 Å². The maximum absolute atomic E-state index is 5.70.